The van der Waals surface area contributed by atoms with E-state index in [1.807, 2.05) is 0 Å². The van der Waals surface area contributed by atoms with Crippen LogP contribution >= 0.6 is 11.3 Å². The first-order valence-corrected chi connectivity index (χ1v) is 4.78. The number of hydrogen-bond donors (Lipinski definition) is 1. The summed E-state index contributed by atoms with van der Waals surface area (Å²) in [5, 5.41) is 8.90. The van der Waals surface area contributed by atoms with Crippen LogP contribution < -0.4 is 9.68 Å². The van der Waals surface area contributed by atoms with E-state index in [0.29, 0.717) is 10.4 Å². The first-order chi connectivity index (χ1) is 7.11. The molecule has 0 fully saturated rings. The van der Waals surface area contributed by atoms with Gasteiger partial charge in [0.25, 0.3) is 0 Å². The van der Waals surface area contributed by atoms with E-state index in [-0.39, 0.29) is 11.1 Å². The van der Waals surface area contributed by atoms with E-state index in [1.54, 1.807) is 6.07 Å². The highest BCUT2D eigenvalue weighted by Crippen LogP contribution is 2.27. The fraction of sp³-hybridized carbons (Fsp3) is 0.111. The second kappa shape index (κ2) is 3.39. The van der Waals surface area contributed by atoms with Crippen LogP contribution in [0.25, 0.3) is 10.3 Å². The SMILES string of the molecule is COc1cc(C(=O)O)c2oc(=O)sc2c1. The molecule has 0 aliphatic rings. The molecule has 1 N–H and O–H groups in total. The molecular weight excluding hydrogens is 220 g/mol. The van der Waals surface area contributed by atoms with E-state index in [0.717, 1.165) is 11.3 Å². The summed E-state index contributed by atoms with van der Waals surface area (Å²) in [6, 6.07) is 2.89. The van der Waals surface area contributed by atoms with Gasteiger partial charge >= 0.3 is 10.9 Å². The zero-order valence-corrected chi connectivity index (χ0v) is 8.46. The van der Waals surface area contributed by atoms with Crippen molar-refractivity contribution in [1.29, 1.82) is 0 Å². The quantitative estimate of drug-likeness (QED) is 0.840. The van der Waals surface area contributed by atoms with E-state index in [4.69, 9.17) is 14.3 Å². The summed E-state index contributed by atoms with van der Waals surface area (Å²) in [5.41, 5.74) is 0.0287. The lowest BCUT2D eigenvalue weighted by molar-refractivity contribution is 0.0697. The molecule has 2 aromatic rings. The largest absolute Gasteiger partial charge is 0.497 e. The molecule has 6 heteroatoms. The number of carboxylic acids is 1. The van der Waals surface area contributed by atoms with Crippen LogP contribution in [0.15, 0.2) is 21.3 Å². The average Bonchev–Trinajstić information content (AvgIpc) is 2.55. The second-order valence-electron chi connectivity index (χ2n) is 2.76. The van der Waals surface area contributed by atoms with Gasteiger partial charge in [0.2, 0.25) is 0 Å². The number of carbonyl (C=O) groups is 1. The topological polar surface area (TPSA) is 76.7 Å². The lowest BCUT2D eigenvalue weighted by Gasteiger charge is -2.00. The van der Waals surface area contributed by atoms with E-state index >= 15 is 0 Å². The molecule has 0 amide bonds. The van der Waals surface area contributed by atoms with Crippen molar-refractivity contribution in [3.63, 3.8) is 0 Å². The van der Waals surface area contributed by atoms with Gasteiger partial charge in [-0.1, -0.05) is 11.3 Å². The molecule has 0 unspecified atom stereocenters. The predicted octanol–water partition coefficient (Wildman–Crippen LogP) is 1.56. The number of carboxylic acid groups (broad SMARTS) is 1. The molecule has 0 bridgehead atoms. The van der Waals surface area contributed by atoms with E-state index in [2.05, 4.69) is 0 Å². The minimum atomic E-state index is -1.15. The standard InChI is InChI=1S/C9H6O5S/c1-13-4-2-5(8(10)11)7-6(3-4)15-9(12)14-7/h2-3H,1H3,(H,10,11). The van der Waals surface area contributed by atoms with Crippen molar-refractivity contribution in [3.05, 3.63) is 27.4 Å². The van der Waals surface area contributed by atoms with Crippen molar-refractivity contribution in [2.24, 2.45) is 0 Å². The lowest BCUT2D eigenvalue weighted by Crippen LogP contribution is -1.97. The number of aromatic carboxylic acids is 1. The molecular formula is C9H6O5S. The number of hydrogen-bond acceptors (Lipinski definition) is 5. The third kappa shape index (κ3) is 1.59. The van der Waals surface area contributed by atoms with Crippen LogP contribution in [-0.2, 0) is 0 Å². The zero-order chi connectivity index (χ0) is 11.0. The summed E-state index contributed by atoms with van der Waals surface area (Å²) in [4.78, 5) is 21.3. The van der Waals surface area contributed by atoms with Gasteiger partial charge in [0.1, 0.15) is 11.3 Å². The predicted molar refractivity (Wildman–Crippen MR) is 53.9 cm³/mol. The maximum atomic E-state index is 11.0. The van der Waals surface area contributed by atoms with Crippen molar-refractivity contribution in [2.75, 3.05) is 7.11 Å². The van der Waals surface area contributed by atoms with Gasteiger partial charge in [-0.05, 0) is 6.07 Å². The summed E-state index contributed by atoms with van der Waals surface area (Å²) < 4.78 is 10.2. The van der Waals surface area contributed by atoms with Crippen LogP contribution in [0.3, 0.4) is 0 Å². The Morgan fingerprint density at radius 1 is 1.53 bits per heavy atom. The minimum Gasteiger partial charge on any atom is -0.497 e. The third-order valence-corrected chi connectivity index (χ3v) is 2.65. The van der Waals surface area contributed by atoms with Crippen LogP contribution in [0, 0.1) is 0 Å². The van der Waals surface area contributed by atoms with Gasteiger partial charge in [-0.3, -0.25) is 0 Å². The lowest BCUT2D eigenvalue weighted by atomic mass is 10.2. The van der Waals surface area contributed by atoms with Gasteiger partial charge < -0.3 is 14.3 Å². The van der Waals surface area contributed by atoms with Crippen molar-refractivity contribution < 1.29 is 19.1 Å². The van der Waals surface area contributed by atoms with Crippen LogP contribution in [0.4, 0.5) is 0 Å². The summed E-state index contributed by atoms with van der Waals surface area (Å²) >= 11 is 0.848. The number of fused-ring (bicyclic) bond motifs is 1. The van der Waals surface area contributed by atoms with Gasteiger partial charge in [0.05, 0.1) is 11.8 Å². The monoisotopic (exact) mass is 226 g/mol. The van der Waals surface area contributed by atoms with Crippen molar-refractivity contribution in [1.82, 2.24) is 0 Å². The summed E-state index contributed by atoms with van der Waals surface area (Å²) in [6.07, 6.45) is 0. The molecule has 5 nitrogen and oxygen atoms in total. The Labute approximate surface area is 87.5 Å². The minimum absolute atomic E-state index is 0.0669. The highest BCUT2D eigenvalue weighted by molar-refractivity contribution is 7.16. The molecule has 2 rings (SSSR count). The number of benzene rings is 1. The molecule has 0 aliphatic heterocycles. The highest BCUT2D eigenvalue weighted by atomic mass is 32.1. The highest BCUT2D eigenvalue weighted by Gasteiger charge is 2.15. The third-order valence-electron chi connectivity index (χ3n) is 1.87. The van der Waals surface area contributed by atoms with Gasteiger partial charge in [0, 0.05) is 6.07 Å². The van der Waals surface area contributed by atoms with Crippen LogP contribution in [0.2, 0.25) is 0 Å². The second-order valence-corrected chi connectivity index (χ2v) is 3.74. The summed E-state index contributed by atoms with van der Waals surface area (Å²) in [6.45, 7) is 0. The molecule has 78 valence electrons. The smallest absolute Gasteiger partial charge is 0.396 e. The normalized spacial score (nSPS) is 10.5. The van der Waals surface area contributed by atoms with Crippen molar-refractivity contribution in [2.45, 2.75) is 0 Å². The van der Waals surface area contributed by atoms with Gasteiger partial charge in [-0.25, -0.2) is 9.59 Å². The van der Waals surface area contributed by atoms with Crippen LogP contribution in [-0.4, -0.2) is 18.2 Å². The Balaban J connectivity index is 2.85. The maximum Gasteiger partial charge on any atom is 0.396 e. The first-order valence-electron chi connectivity index (χ1n) is 3.97. The van der Waals surface area contributed by atoms with Crippen LogP contribution in [0.5, 0.6) is 5.75 Å². The number of ether oxygens (including phenoxy) is 1. The molecule has 1 heterocycles. The summed E-state index contributed by atoms with van der Waals surface area (Å²) in [7, 11) is 1.43. The van der Waals surface area contributed by atoms with Crippen molar-refractivity contribution >= 4 is 27.6 Å². The molecule has 0 aliphatic carbocycles. The number of methoxy groups -OCH3 is 1. The van der Waals surface area contributed by atoms with Gasteiger partial charge in [0.15, 0.2) is 5.58 Å². The Morgan fingerprint density at radius 2 is 2.27 bits per heavy atom. The van der Waals surface area contributed by atoms with Crippen molar-refractivity contribution in [3.8, 4) is 5.75 Å². The molecule has 0 saturated heterocycles. The molecule has 0 spiro atoms. The Kier molecular flexibility index (Phi) is 2.20. The summed E-state index contributed by atoms with van der Waals surface area (Å²) in [5.74, 6) is -0.766. The average molecular weight is 226 g/mol. The molecule has 1 aromatic heterocycles. The number of rotatable bonds is 2. The molecule has 0 atom stereocenters. The Hall–Kier alpha value is -1.82. The van der Waals surface area contributed by atoms with Gasteiger partial charge in [-0.15, -0.1) is 0 Å². The van der Waals surface area contributed by atoms with Crippen LogP contribution in [0.1, 0.15) is 10.4 Å². The van der Waals surface area contributed by atoms with E-state index < -0.39 is 10.9 Å². The first kappa shape index (κ1) is 9.72. The Morgan fingerprint density at radius 3 is 2.87 bits per heavy atom. The van der Waals surface area contributed by atoms with Gasteiger partial charge in [-0.2, -0.15) is 0 Å². The fourth-order valence-electron chi connectivity index (χ4n) is 1.23. The zero-order valence-electron chi connectivity index (χ0n) is 7.64. The fourth-order valence-corrected chi connectivity index (χ4v) is 1.95. The molecule has 15 heavy (non-hydrogen) atoms. The Bertz CT molecular complexity index is 580. The molecule has 0 saturated carbocycles. The molecule has 1 aromatic carbocycles. The molecule has 0 radical (unpaired) electrons. The van der Waals surface area contributed by atoms with E-state index in [9.17, 15) is 9.59 Å². The maximum absolute atomic E-state index is 11.0. The van der Waals surface area contributed by atoms with E-state index in [1.165, 1.54) is 13.2 Å².